The molecule has 0 N–H and O–H groups in total. The zero-order chi connectivity index (χ0) is 7.23. The van der Waals surface area contributed by atoms with Crippen LogP contribution in [-0.2, 0) is 0 Å². The molecule has 0 atom stereocenters. The summed E-state index contributed by atoms with van der Waals surface area (Å²) in [6.45, 7) is 2.99. The molecule has 0 aromatic carbocycles. The lowest BCUT2D eigenvalue weighted by Gasteiger charge is -1.83. The van der Waals surface area contributed by atoms with Gasteiger partial charge in [-0.3, -0.25) is 4.99 Å². The van der Waals surface area contributed by atoms with Gasteiger partial charge < -0.3 is 0 Å². The molecule has 1 aliphatic rings. The van der Waals surface area contributed by atoms with Crippen LogP contribution in [0.2, 0.25) is 0 Å². The van der Waals surface area contributed by atoms with Crippen molar-refractivity contribution in [1.29, 1.82) is 0 Å². The first-order valence-electron chi connectivity index (χ1n) is 3.40. The van der Waals surface area contributed by atoms with E-state index in [0.717, 1.165) is 17.3 Å². The Kier molecular flexibility index (Phi) is 3.30. The first-order chi connectivity index (χ1) is 4.93. The number of hydrogen-bond acceptors (Lipinski definition) is 2. The first-order valence-corrected chi connectivity index (χ1v) is 4.38. The fraction of sp³-hybridized carbons (Fsp3) is 0.375. The van der Waals surface area contributed by atoms with Crippen LogP contribution in [0.1, 0.15) is 6.92 Å². The van der Waals surface area contributed by atoms with E-state index in [1.54, 1.807) is 0 Å². The average molecular weight is 153 g/mol. The van der Waals surface area contributed by atoms with E-state index in [1.807, 2.05) is 36.9 Å². The molecule has 1 heterocycles. The summed E-state index contributed by atoms with van der Waals surface area (Å²) in [6.07, 6.45) is 8.10. The van der Waals surface area contributed by atoms with Crippen LogP contribution in [0.5, 0.6) is 0 Å². The van der Waals surface area contributed by atoms with Gasteiger partial charge in [-0.2, -0.15) is 0 Å². The molecule has 1 nitrogen and oxygen atoms in total. The molecule has 0 amide bonds. The number of allylic oxidation sites excluding steroid dienone is 3. The quantitative estimate of drug-likeness (QED) is 0.554. The third-order valence-corrected chi connectivity index (χ3v) is 2.10. The van der Waals surface area contributed by atoms with Gasteiger partial charge in [-0.25, -0.2) is 0 Å². The Morgan fingerprint density at radius 2 is 2.40 bits per heavy atom. The van der Waals surface area contributed by atoms with Crippen LogP contribution in [0.15, 0.2) is 29.3 Å². The smallest absolute Gasteiger partial charge is 0.0905 e. The van der Waals surface area contributed by atoms with Crippen molar-refractivity contribution < 1.29 is 0 Å². The van der Waals surface area contributed by atoms with Crippen LogP contribution in [0, 0.1) is 0 Å². The molecule has 10 heavy (non-hydrogen) atoms. The maximum Gasteiger partial charge on any atom is 0.0905 e. The van der Waals surface area contributed by atoms with Gasteiger partial charge in [0.2, 0.25) is 0 Å². The highest BCUT2D eigenvalue weighted by Crippen LogP contribution is 2.11. The predicted octanol–water partition coefficient (Wildman–Crippen LogP) is 2.26. The third-order valence-electron chi connectivity index (χ3n) is 1.15. The molecule has 0 saturated heterocycles. The molecule has 0 saturated carbocycles. The topological polar surface area (TPSA) is 12.4 Å². The molecule has 0 aliphatic carbocycles. The van der Waals surface area contributed by atoms with E-state index in [4.69, 9.17) is 0 Å². The van der Waals surface area contributed by atoms with Crippen LogP contribution >= 0.6 is 11.8 Å². The zero-order valence-electron chi connectivity index (χ0n) is 6.08. The van der Waals surface area contributed by atoms with Crippen molar-refractivity contribution in [2.75, 3.05) is 12.3 Å². The fourth-order valence-corrected chi connectivity index (χ4v) is 1.45. The second-order valence-corrected chi connectivity index (χ2v) is 3.07. The van der Waals surface area contributed by atoms with Gasteiger partial charge in [-0.05, 0) is 13.0 Å². The minimum Gasteiger partial charge on any atom is -0.278 e. The van der Waals surface area contributed by atoms with Gasteiger partial charge in [0, 0.05) is 12.3 Å². The van der Waals surface area contributed by atoms with Gasteiger partial charge >= 0.3 is 0 Å². The van der Waals surface area contributed by atoms with Crippen LogP contribution in [-0.4, -0.2) is 17.3 Å². The van der Waals surface area contributed by atoms with Crippen molar-refractivity contribution in [1.82, 2.24) is 0 Å². The Morgan fingerprint density at radius 1 is 1.50 bits per heavy atom. The highest BCUT2D eigenvalue weighted by molar-refractivity contribution is 8.14. The third kappa shape index (κ3) is 2.40. The summed E-state index contributed by atoms with van der Waals surface area (Å²) in [5.74, 6) is 1.15. The van der Waals surface area contributed by atoms with E-state index >= 15 is 0 Å². The second-order valence-electron chi connectivity index (χ2n) is 1.95. The highest BCUT2D eigenvalue weighted by Gasteiger charge is 2.00. The fourth-order valence-electron chi connectivity index (χ4n) is 0.701. The van der Waals surface area contributed by atoms with Gasteiger partial charge in [0.05, 0.1) is 5.04 Å². The van der Waals surface area contributed by atoms with Crippen molar-refractivity contribution in [3.05, 3.63) is 24.3 Å². The molecule has 54 valence electrons. The van der Waals surface area contributed by atoms with Crippen LogP contribution < -0.4 is 0 Å². The molecule has 0 radical (unpaired) electrons. The Balaban J connectivity index is 2.36. The molecule has 0 bridgehead atoms. The van der Waals surface area contributed by atoms with E-state index in [1.165, 1.54) is 0 Å². The molecule has 0 aromatic rings. The summed E-state index contributed by atoms with van der Waals surface area (Å²) in [5, 5.41) is 1.16. The first kappa shape index (κ1) is 7.61. The van der Waals surface area contributed by atoms with Crippen LogP contribution in [0.25, 0.3) is 0 Å². The maximum absolute atomic E-state index is 4.27. The standard InChI is InChI=1S/C8H11NS/c1-2-3-4-5-8-9-6-7-10-8/h2-5H,6-7H2,1H3. The number of rotatable bonds is 2. The zero-order valence-corrected chi connectivity index (χ0v) is 6.90. The number of aliphatic imine (C=N–C) groups is 1. The lowest BCUT2D eigenvalue weighted by molar-refractivity contribution is 1.18. The maximum atomic E-state index is 4.27. The van der Waals surface area contributed by atoms with E-state index in [9.17, 15) is 0 Å². The Labute approximate surface area is 65.9 Å². The van der Waals surface area contributed by atoms with E-state index in [-0.39, 0.29) is 0 Å². The largest absolute Gasteiger partial charge is 0.278 e. The van der Waals surface area contributed by atoms with Crippen molar-refractivity contribution in [2.24, 2.45) is 4.99 Å². The second kappa shape index (κ2) is 4.34. The van der Waals surface area contributed by atoms with Gasteiger partial charge in [-0.1, -0.05) is 18.2 Å². The molecule has 0 aromatic heterocycles. The number of nitrogens with zero attached hydrogens (tertiary/aromatic N) is 1. The molecule has 0 unspecified atom stereocenters. The summed E-state index contributed by atoms with van der Waals surface area (Å²) in [7, 11) is 0. The number of thioether (sulfide) groups is 1. The molecule has 0 fully saturated rings. The molecule has 0 spiro atoms. The van der Waals surface area contributed by atoms with Crippen LogP contribution in [0.4, 0.5) is 0 Å². The lowest BCUT2D eigenvalue weighted by Crippen LogP contribution is -1.76. The van der Waals surface area contributed by atoms with Crippen molar-refractivity contribution in [2.45, 2.75) is 6.92 Å². The van der Waals surface area contributed by atoms with E-state index in [0.29, 0.717) is 0 Å². The summed E-state index contributed by atoms with van der Waals surface area (Å²) in [5.41, 5.74) is 0. The molecule has 1 rings (SSSR count). The predicted molar refractivity (Wildman–Crippen MR) is 48.7 cm³/mol. The Hall–Kier alpha value is -0.500. The normalized spacial score (nSPS) is 19.1. The monoisotopic (exact) mass is 153 g/mol. The van der Waals surface area contributed by atoms with E-state index < -0.39 is 0 Å². The van der Waals surface area contributed by atoms with Gasteiger partial charge in [-0.15, -0.1) is 11.8 Å². The highest BCUT2D eigenvalue weighted by atomic mass is 32.2. The molecular formula is C8H11NS. The Bertz CT molecular complexity index is 180. The summed E-state index contributed by atoms with van der Waals surface area (Å²) >= 11 is 1.82. The van der Waals surface area contributed by atoms with Gasteiger partial charge in [0.25, 0.3) is 0 Å². The van der Waals surface area contributed by atoms with Crippen LogP contribution in [0.3, 0.4) is 0 Å². The van der Waals surface area contributed by atoms with E-state index in [2.05, 4.69) is 11.1 Å². The van der Waals surface area contributed by atoms with Crippen molar-refractivity contribution in [3.63, 3.8) is 0 Å². The molecular weight excluding hydrogens is 142 g/mol. The molecule has 2 heteroatoms. The molecule has 1 aliphatic heterocycles. The summed E-state index contributed by atoms with van der Waals surface area (Å²) < 4.78 is 0. The lowest BCUT2D eigenvalue weighted by atomic mass is 10.4. The van der Waals surface area contributed by atoms with Crippen molar-refractivity contribution in [3.8, 4) is 0 Å². The Morgan fingerprint density at radius 3 is 3.00 bits per heavy atom. The number of hydrogen-bond donors (Lipinski definition) is 0. The minimum atomic E-state index is 0.986. The summed E-state index contributed by atoms with van der Waals surface area (Å²) in [4.78, 5) is 4.27. The SMILES string of the molecule is CC=CC=CC1=NCCS1. The van der Waals surface area contributed by atoms with Gasteiger partial charge in [0.1, 0.15) is 0 Å². The minimum absolute atomic E-state index is 0.986. The average Bonchev–Trinajstić information content (AvgIpc) is 2.41. The van der Waals surface area contributed by atoms with Gasteiger partial charge in [0.15, 0.2) is 0 Å². The van der Waals surface area contributed by atoms with Crippen molar-refractivity contribution >= 4 is 16.8 Å². The summed E-state index contributed by atoms with van der Waals surface area (Å²) in [6, 6.07) is 0.